The highest BCUT2D eigenvalue weighted by Crippen LogP contribution is 2.28. The zero-order chi connectivity index (χ0) is 14.2. The Balaban J connectivity index is 2.44. The van der Waals surface area contributed by atoms with Gasteiger partial charge in [-0.25, -0.2) is 14.4 Å². The van der Waals surface area contributed by atoms with Gasteiger partial charge in [0.05, 0.1) is 4.47 Å². The molecule has 0 saturated carbocycles. The van der Waals surface area contributed by atoms with Gasteiger partial charge in [0.25, 0.3) is 0 Å². The van der Waals surface area contributed by atoms with E-state index in [4.69, 9.17) is 11.6 Å². The van der Waals surface area contributed by atoms with Gasteiger partial charge in [0.15, 0.2) is 0 Å². The first kappa shape index (κ1) is 14.2. The largest absolute Gasteiger partial charge is 0.340 e. The van der Waals surface area contributed by atoms with E-state index < -0.39 is 0 Å². The lowest BCUT2D eigenvalue weighted by Gasteiger charge is -2.13. The van der Waals surface area contributed by atoms with Crippen molar-refractivity contribution in [3.63, 3.8) is 0 Å². The van der Waals surface area contributed by atoms with Crippen molar-refractivity contribution in [2.45, 2.75) is 20.8 Å². The van der Waals surface area contributed by atoms with Crippen molar-refractivity contribution >= 4 is 39.0 Å². The molecule has 0 aliphatic heterocycles. The Kier molecular flexibility index (Phi) is 4.06. The molecule has 1 aromatic heterocycles. The van der Waals surface area contributed by atoms with Crippen LogP contribution in [0, 0.1) is 26.6 Å². The van der Waals surface area contributed by atoms with Gasteiger partial charge in [-0.1, -0.05) is 11.6 Å². The zero-order valence-corrected chi connectivity index (χ0v) is 13.0. The van der Waals surface area contributed by atoms with Gasteiger partial charge in [0, 0.05) is 11.3 Å². The molecule has 0 unspecified atom stereocenters. The molecule has 0 radical (unpaired) electrons. The fraction of sp³-hybridized carbons (Fsp3) is 0.231. The number of hydrogen-bond acceptors (Lipinski definition) is 3. The van der Waals surface area contributed by atoms with Crippen LogP contribution in [0.1, 0.15) is 17.0 Å². The third kappa shape index (κ3) is 3.04. The van der Waals surface area contributed by atoms with Gasteiger partial charge >= 0.3 is 0 Å². The van der Waals surface area contributed by atoms with Gasteiger partial charge < -0.3 is 5.32 Å². The van der Waals surface area contributed by atoms with Crippen LogP contribution in [0.3, 0.4) is 0 Å². The minimum atomic E-state index is -0.295. The summed E-state index contributed by atoms with van der Waals surface area (Å²) in [6.07, 6.45) is 0. The molecule has 1 heterocycles. The molecular weight excluding hydrogens is 333 g/mol. The van der Waals surface area contributed by atoms with Crippen LogP contribution in [0.4, 0.5) is 15.9 Å². The fourth-order valence-corrected chi connectivity index (χ4v) is 2.18. The summed E-state index contributed by atoms with van der Waals surface area (Å²) in [5.41, 5.74) is 2.31. The van der Waals surface area contributed by atoms with Crippen molar-refractivity contribution in [2.75, 3.05) is 5.32 Å². The van der Waals surface area contributed by atoms with Crippen LogP contribution in [-0.2, 0) is 0 Å². The monoisotopic (exact) mass is 343 g/mol. The molecule has 6 heteroatoms. The van der Waals surface area contributed by atoms with Gasteiger partial charge in [-0.3, -0.25) is 0 Å². The highest BCUT2D eigenvalue weighted by atomic mass is 79.9. The summed E-state index contributed by atoms with van der Waals surface area (Å²) in [6.45, 7) is 5.42. The smallest absolute Gasteiger partial charge is 0.138 e. The highest BCUT2D eigenvalue weighted by molar-refractivity contribution is 9.10. The minimum absolute atomic E-state index is 0.295. The predicted molar refractivity (Wildman–Crippen MR) is 78.6 cm³/mol. The number of nitrogens with one attached hydrogen (secondary N) is 1. The molecule has 0 aliphatic rings. The number of nitrogens with zero attached hydrogens (tertiary/aromatic N) is 2. The molecule has 0 saturated heterocycles. The summed E-state index contributed by atoms with van der Waals surface area (Å²) in [5, 5.41) is 3.57. The van der Waals surface area contributed by atoms with Crippen molar-refractivity contribution in [2.24, 2.45) is 0 Å². The summed E-state index contributed by atoms with van der Waals surface area (Å²) >= 11 is 9.19. The maximum absolute atomic E-state index is 13.4. The summed E-state index contributed by atoms with van der Waals surface area (Å²) in [6, 6.07) is 3.13. The number of halogens is 3. The van der Waals surface area contributed by atoms with Gasteiger partial charge in [-0.2, -0.15) is 0 Å². The van der Waals surface area contributed by atoms with E-state index in [-0.39, 0.29) is 5.82 Å². The second kappa shape index (κ2) is 5.43. The molecule has 2 aromatic rings. The lowest BCUT2D eigenvalue weighted by Crippen LogP contribution is -2.02. The minimum Gasteiger partial charge on any atom is -0.340 e. The normalized spacial score (nSPS) is 10.6. The first-order valence-corrected chi connectivity index (χ1v) is 6.79. The molecule has 1 N–H and O–H groups in total. The number of rotatable bonds is 2. The molecule has 19 heavy (non-hydrogen) atoms. The number of aromatic nitrogens is 2. The summed E-state index contributed by atoms with van der Waals surface area (Å²) in [7, 11) is 0. The number of hydrogen-bond donors (Lipinski definition) is 1. The molecule has 100 valence electrons. The average molecular weight is 345 g/mol. The van der Waals surface area contributed by atoms with Crippen molar-refractivity contribution in [3.8, 4) is 0 Å². The third-order valence-electron chi connectivity index (χ3n) is 2.72. The Hall–Kier alpha value is -1.20. The van der Waals surface area contributed by atoms with Gasteiger partial charge in [0.2, 0.25) is 0 Å². The first-order valence-electron chi connectivity index (χ1n) is 5.62. The summed E-state index contributed by atoms with van der Waals surface area (Å²) in [5.74, 6) is 0.910. The van der Waals surface area contributed by atoms with Crippen LogP contribution in [0.2, 0.25) is 5.15 Å². The van der Waals surface area contributed by atoms with E-state index in [1.165, 1.54) is 6.07 Å². The second-order valence-electron chi connectivity index (χ2n) is 4.24. The lowest BCUT2D eigenvalue weighted by molar-refractivity contribution is 0.620. The third-order valence-corrected chi connectivity index (χ3v) is 3.69. The standard InChI is InChI=1S/C13H12BrClFN3/c1-6-4-10(16)9(14)5-11(6)19-13-7(2)12(15)17-8(3)18-13/h4-5H,1-3H3,(H,17,18,19). The van der Waals surface area contributed by atoms with E-state index in [2.05, 4.69) is 31.2 Å². The van der Waals surface area contributed by atoms with E-state index in [9.17, 15) is 4.39 Å². The van der Waals surface area contributed by atoms with Crippen LogP contribution in [0.25, 0.3) is 0 Å². The topological polar surface area (TPSA) is 37.8 Å². The Morgan fingerprint density at radius 2 is 1.89 bits per heavy atom. The van der Waals surface area contributed by atoms with Crippen LogP contribution in [0.5, 0.6) is 0 Å². The molecule has 3 nitrogen and oxygen atoms in total. The predicted octanol–water partition coefficient (Wildman–Crippen LogP) is 4.70. The van der Waals surface area contributed by atoms with Crippen LogP contribution >= 0.6 is 27.5 Å². The van der Waals surface area contributed by atoms with E-state index in [0.717, 1.165) is 16.8 Å². The van der Waals surface area contributed by atoms with Crippen molar-refractivity contribution in [1.29, 1.82) is 0 Å². The Morgan fingerprint density at radius 3 is 2.58 bits per heavy atom. The maximum atomic E-state index is 13.4. The molecule has 1 aromatic carbocycles. The van der Waals surface area contributed by atoms with E-state index in [0.29, 0.717) is 21.3 Å². The maximum Gasteiger partial charge on any atom is 0.138 e. The molecule has 0 amide bonds. The molecule has 0 aliphatic carbocycles. The van der Waals surface area contributed by atoms with Crippen molar-refractivity contribution in [3.05, 3.63) is 44.5 Å². The zero-order valence-electron chi connectivity index (χ0n) is 10.7. The van der Waals surface area contributed by atoms with Gasteiger partial charge in [-0.05, 0) is 54.4 Å². The molecule has 0 atom stereocenters. The lowest BCUT2D eigenvalue weighted by atomic mass is 10.2. The van der Waals surface area contributed by atoms with Crippen molar-refractivity contribution in [1.82, 2.24) is 9.97 Å². The number of aryl methyl sites for hydroxylation is 2. The molecule has 0 spiro atoms. The second-order valence-corrected chi connectivity index (χ2v) is 5.45. The first-order chi connectivity index (χ1) is 8.88. The number of anilines is 2. The Bertz CT molecular complexity index is 646. The van der Waals surface area contributed by atoms with Crippen LogP contribution < -0.4 is 5.32 Å². The van der Waals surface area contributed by atoms with Crippen LogP contribution in [0.15, 0.2) is 16.6 Å². The number of benzene rings is 1. The van der Waals surface area contributed by atoms with Gasteiger partial charge in [0.1, 0.15) is 22.6 Å². The fourth-order valence-electron chi connectivity index (χ4n) is 1.62. The van der Waals surface area contributed by atoms with Crippen molar-refractivity contribution < 1.29 is 4.39 Å². The molecule has 0 bridgehead atoms. The van der Waals surface area contributed by atoms with E-state index >= 15 is 0 Å². The molecular formula is C13H12BrClFN3. The van der Waals surface area contributed by atoms with E-state index in [1.54, 1.807) is 13.0 Å². The van der Waals surface area contributed by atoms with Crippen LogP contribution in [-0.4, -0.2) is 9.97 Å². The SMILES string of the molecule is Cc1nc(Cl)c(C)c(Nc2cc(Br)c(F)cc2C)n1. The molecule has 2 rings (SSSR count). The Labute approximate surface area is 124 Å². The average Bonchev–Trinajstić information content (AvgIpc) is 2.32. The highest BCUT2D eigenvalue weighted by Gasteiger charge is 2.10. The van der Waals surface area contributed by atoms with E-state index in [1.807, 2.05) is 13.8 Å². The summed E-state index contributed by atoms with van der Waals surface area (Å²) in [4.78, 5) is 8.38. The molecule has 0 fully saturated rings. The quantitative estimate of drug-likeness (QED) is 0.802. The summed E-state index contributed by atoms with van der Waals surface area (Å²) < 4.78 is 13.8. The Morgan fingerprint density at radius 1 is 1.21 bits per heavy atom. The van der Waals surface area contributed by atoms with Gasteiger partial charge in [-0.15, -0.1) is 0 Å².